The minimum atomic E-state index is -5.12. The maximum atomic E-state index is 12.8. The van der Waals surface area contributed by atoms with Crippen molar-refractivity contribution < 1.29 is 63.1 Å². The highest BCUT2D eigenvalue weighted by atomic mass is 31.2. The Balaban J connectivity index is 2.50. The molecule has 0 heterocycles. The Hall–Kier alpha value is -1.93. The molecule has 0 spiro atoms. The molecule has 1 aliphatic rings. The molecule has 1 saturated carbocycles. The largest absolute Gasteiger partial charge is 0.472 e. The van der Waals surface area contributed by atoms with Gasteiger partial charge in [0.1, 0.15) is 43.2 Å². The third-order valence-electron chi connectivity index (χ3n) is 10.2. The number of unbranched alkanes of at least 4 members (excludes halogenated alkanes) is 18. The van der Waals surface area contributed by atoms with Crippen molar-refractivity contribution in [3.05, 3.63) is 36.5 Å². The number of carbonyl (C=O) groups excluding carboxylic acids is 2. The predicted octanol–water partition coefficient (Wildman–Crippen LogP) is 8.22. The first-order valence-electron chi connectivity index (χ1n) is 22.3. The summed E-state index contributed by atoms with van der Waals surface area (Å²) < 4.78 is 33.4. The zero-order chi connectivity index (χ0) is 42.9. The molecule has 6 unspecified atom stereocenters. The Labute approximate surface area is 348 Å². The molecule has 13 nitrogen and oxygen atoms in total. The third-order valence-corrected chi connectivity index (χ3v) is 11.2. The van der Waals surface area contributed by atoms with Crippen molar-refractivity contribution in [3.63, 3.8) is 0 Å². The van der Waals surface area contributed by atoms with Crippen LogP contribution in [0.1, 0.15) is 174 Å². The number of esters is 2. The van der Waals surface area contributed by atoms with Crippen molar-refractivity contribution >= 4 is 19.8 Å². The summed E-state index contributed by atoms with van der Waals surface area (Å²) in [7, 11) is -5.12. The number of allylic oxidation sites excluding steroid dienone is 6. The zero-order valence-electron chi connectivity index (χ0n) is 35.6. The second kappa shape index (κ2) is 34.7. The van der Waals surface area contributed by atoms with E-state index in [0.717, 1.165) is 51.4 Å². The standard InChI is InChI=1S/C44H79O13P/c1-3-5-7-9-11-13-15-17-18-19-20-21-23-24-26-28-30-32-37(45)54-34-36(56-38(46)33-31-29-27-25-22-16-14-12-10-8-6-4-2)35-55-58(52,53)57-44-42(50)40(48)39(47)41(49)43(44)51/h12,14,20-21,24,26,36,39-44,47-51H,3-11,13,15-19,22-23,25,27-35H2,1-2H3,(H,52,53)/b14-12+,21-20+,26-24+/t36-,39?,40-,41?,42?,43?,44?/m0/s1. The van der Waals surface area contributed by atoms with Crippen LogP contribution in [0, 0.1) is 0 Å². The molecule has 338 valence electrons. The summed E-state index contributed by atoms with van der Waals surface area (Å²) in [5.74, 6) is -1.16. The fraction of sp³-hybridized carbons (Fsp3) is 0.818. The van der Waals surface area contributed by atoms with Crippen molar-refractivity contribution in [1.29, 1.82) is 0 Å². The topological polar surface area (TPSA) is 210 Å². The smallest absolute Gasteiger partial charge is 0.462 e. The van der Waals surface area contributed by atoms with E-state index in [4.69, 9.17) is 18.5 Å². The fourth-order valence-electron chi connectivity index (χ4n) is 6.56. The molecule has 8 atom stereocenters. The van der Waals surface area contributed by atoms with Crippen LogP contribution in [0.15, 0.2) is 36.5 Å². The fourth-order valence-corrected chi connectivity index (χ4v) is 7.53. The number of hydrogen-bond donors (Lipinski definition) is 6. The van der Waals surface area contributed by atoms with Crippen LogP contribution in [-0.2, 0) is 32.7 Å². The van der Waals surface area contributed by atoms with Crippen LogP contribution in [0.5, 0.6) is 0 Å². The molecule has 1 rings (SSSR count). The van der Waals surface area contributed by atoms with Crippen LogP contribution < -0.4 is 0 Å². The van der Waals surface area contributed by atoms with E-state index in [1.165, 1.54) is 77.0 Å². The Morgan fingerprint density at radius 1 is 0.534 bits per heavy atom. The van der Waals surface area contributed by atoms with Gasteiger partial charge in [-0.3, -0.25) is 18.6 Å². The molecule has 1 fully saturated rings. The molecule has 0 aromatic rings. The minimum absolute atomic E-state index is 0.0778. The number of phosphoric acid groups is 1. The van der Waals surface area contributed by atoms with Gasteiger partial charge in [0.25, 0.3) is 0 Å². The Morgan fingerprint density at radius 3 is 1.50 bits per heavy atom. The number of aliphatic hydroxyl groups excluding tert-OH is 5. The monoisotopic (exact) mass is 847 g/mol. The second-order valence-electron chi connectivity index (χ2n) is 15.5. The minimum Gasteiger partial charge on any atom is -0.462 e. The lowest BCUT2D eigenvalue weighted by molar-refractivity contribution is -0.220. The molecule has 6 N–H and O–H groups in total. The highest BCUT2D eigenvalue weighted by Gasteiger charge is 2.51. The van der Waals surface area contributed by atoms with Crippen LogP contribution in [0.25, 0.3) is 0 Å². The van der Waals surface area contributed by atoms with Crippen molar-refractivity contribution in [2.75, 3.05) is 13.2 Å². The second-order valence-corrected chi connectivity index (χ2v) is 16.9. The lowest BCUT2D eigenvalue weighted by atomic mass is 9.85. The van der Waals surface area contributed by atoms with Crippen molar-refractivity contribution in [3.8, 4) is 0 Å². The number of carbonyl (C=O) groups is 2. The van der Waals surface area contributed by atoms with E-state index in [2.05, 4.69) is 44.2 Å². The number of aliphatic hydroxyl groups is 5. The lowest BCUT2D eigenvalue weighted by Gasteiger charge is -2.41. The van der Waals surface area contributed by atoms with Gasteiger partial charge in [-0.2, -0.15) is 0 Å². The van der Waals surface area contributed by atoms with E-state index in [1.54, 1.807) is 0 Å². The Bertz CT molecular complexity index is 1160. The summed E-state index contributed by atoms with van der Waals surface area (Å²) in [4.78, 5) is 35.6. The molecule has 0 saturated heterocycles. The average Bonchev–Trinajstić information content (AvgIpc) is 3.20. The molecule has 0 aliphatic heterocycles. The molecular weight excluding hydrogens is 767 g/mol. The first-order chi connectivity index (χ1) is 27.9. The van der Waals surface area contributed by atoms with E-state index in [-0.39, 0.29) is 12.8 Å². The lowest BCUT2D eigenvalue weighted by Crippen LogP contribution is -2.64. The molecule has 0 aromatic carbocycles. The van der Waals surface area contributed by atoms with Gasteiger partial charge in [-0.15, -0.1) is 0 Å². The summed E-state index contributed by atoms with van der Waals surface area (Å²) in [6.45, 7) is 3.22. The van der Waals surface area contributed by atoms with Crippen molar-refractivity contribution in [2.45, 2.75) is 217 Å². The highest BCUT2D eigenvalue weighted by molar-refractivity contribution is 7.47. The Morgan fingerprint density at radius 2 is 0.948 bits per heavy atom. The maximum absolute atomic E-state index is 12.8. The van der Waals surface area contributed by atoms with E-state index >= 15 is 0 Å². The first kappa shape index (κ1) is 54.1. The van der Waals surface area contributed by atoms with Gasteiger partial charge in [0, 0.05) is 12.8 Å². The predicted molar refractivity (Wildman–Crippen MR) is 226 cm³/mol. The van der Waals surface area contributed by atoms with E-state index < -0.39 is 75.7 Å². The molecule has 0 amide bonds. The van der Waals surface area contributed by atoms with Crippen LogP contribution in [0.4, 0.5) is 0 Å². The zero-order valence-corrected chi connectivity index (χ0v) is 36.5. The average molecular weight is 847 g/mol. The van der Waals surface area contributed by atoms with Crippen LogP contribution in [0.2, 0.25) is 0 Å². The van der Waals surface area contributed by atoms with Crippen LogP contribution >= 0.6 is 7.82 Å². The normalized spacial score (nSPS) is 22.8. The van der Waals surface area contributed by atoms with E-state index in [0.29, 0.717) is 19.3 Å². The van der Waals surface area contributed by atoms with Gasteiger partial charge < -0.3 is 39.9 Å². The molecular formula is C44H79O13P. The third kappa shape index (κ3) is 27.0. The quantitative estimate of drug-likeness (QED) is 0.0152. The van der Waals surface area contributed by atoms with Gasteiger partial charge >= 0.3 is 19.8 Å². The molecule has 14 heteroatoms. The number of ether oxygens (including phenoxy) is 2. The van der Waals surface area contributed by atoms with Gasteiger partial charge in [-0.1, -0.05) is 134 Å². The first-order valence-corrected chi connectivity index (χ1v) is 23.8. The number of phosphoric ester groups is 1. The summed E-state index contributed by atoms with van der Waals surface area (Å²) in [6, 6.07) is 0. The molecule has 1 aliphatic carbocycles. The van der Waals surface area contributed by atoms with Gasteiger partial charge in [0.15, 0.2) is 6.10 Å². The summed E-state index contributed by atoms with van der Waals surface area (Å²) >= 11 is 0. The van der Waals surface area contributed by atoms with Crippen molar-refractivity contribution in [1.82, 2.24) is 0 Å². The van der Waals surface area contributed by atoms with Crippen molar-refractivity contribution in [2.24, 2.45) is 0 Å². The summed E-state index contributed by atoms with van der Waals surface area (Å²) in [5, 5.41) is 50.0. The van der Waals surface area contributed by atoms with E-state index in [9.17, 15) is 44.6 Å². The number of rotatable bonds is 36. The van der Waals surface area contributed by atoms with Crippen LogP contribution in [0.3, 0.4) is 0 Å². The SMILES string of the molecule is CCCCC/C=C/CCCCCCCC(=O)O[C@@H](COC(=O)CCC/C=C/C/C=C/CCCCCCCCCCC)COP(=O)(O)OC1C(O)C(O)C(O)[C@H](O)C1O. The Kier molecular flexibility index (Phi) is 32.4. The van der Waals surface area contributed by atoms with Gasteiger partial charge in [-0.05, 0) is 64.2 Å². The van der Waals surface area contributed by atoms with Crippen LogP contribution in [-0.4, -0.2) is 98.3 Å². The van der Waals surface area contributed by atoms with Gasteiger partial charge in [0.2, 0.25) is 0 Å². The molecule has 58 heavy (non-hydrogen) atoms. The van der Waals surface area contributed by atoms with E-state index in [1.807, 2.05) is 6.08 Å². The van der Waals surface area contributed by atoms with Gasteiger partial charge in [-0.25, -0.2) is 4.57 Å². The van der Waals surface area contributed by atoms with Gasteiger partial charge in [0.05, 0.1) is 6.61 Å². The maximum Gasteiger partial charge on any atom is 0.472 e. The molecule has 0 bridgehead atoms. The highest BCUT2D eigenvalue weighted by Crippen LogP contribution is 2.47. The summed E-state index contributed by atoms with van der Waals surface area (Å²) in [6.07, 6.45) is 25.0. The molecule has 0 radical (unpaired) electrons. The molecule has 0 aromatic heterocycles. The number of hydrogen-bond acceptors (Lipinski definition) is 12. The summed E-state index contributed by atoms with van der Waals surface area (Å²) in [5.41, 5.74) is 0.